The van der Waals surface area contributed by atoms with Crippen molar-refractivity contribution in [1.82, 2.24) is 5.32 Å². The number of nitrogens with one attached hydrogen (secondary N) is 1. The third-order valence-electron chi connectivity index (χ3n) is 3.95. The highest BCUT2D eigenvalue weighted by atomic mass is 32.1. The molecule has 1 heterocycles. The van der Waals surface area contributed by atoms with Crippen molar-refractivity contribution in [2.24, 2.45) is 11.7 Å². The number of thiocarbonyl (C=S) groups is 1. The quantitative estimate of drug-likeness (QED) is 0.743. The maximum Gasteiger partial charge on any atom is 0.220 e. The van der Waals surface area contributed by atoms with Gasteiger partial charge in [-0.3, -0.25) is 4.79 Å². The summed E-state index contributed by atoms with van der Waals surface area (Å²) in [6.45, 7) is 0.846. The van der Waals surface area contributed by atoms with Crippen LogP contribution < -0.4 is 11.1 Å². The van der Waals surface area contributed by atoms with Crippen LogP contribution in [0.5, 0.6) is 0 Å². The Morgan fingerprint density at radius 3 is 2.83 bits per heavy atom. The molecule has 3 atom stereocenters. The molecule has 5 heteroatoms. The minimum atomic E-state index is 0.110. The minimum absolute atomic E-state index is 0.110. The van der Waals surface area contributed by atoms with Gasteiger partial charge in [0.05, 0.1) is 11.1 Å². The predicted molar refractivity (Wildman–Crippen MR) is 74.3 cm³/mol. The largest absolute Gasteiger partial charge is 0.393 e. The molecule has 0 radical (unpaired) electrons. The van der Waals surface area contributed by atoms with Crippen LogP contribution in [-0.2, 0) is 9.53 Å². The number of hydrogen-bond acceptors (Lipinski definition) is 3. The van der Waals surface area contributed by atoms with Crippen LogP contribution in [0.2, 0.25) is 0 Å². The van der Waals surface area contributed by atoms with Crippen molar-refractivity contribution in [3.63, 3.8) is 0 Å². The van der Waals surface area contributed by atoms with Crippen LogP contribution in [-0.4, -0.2) is 29.6 Å². The van der Waals surface area contributed by atoms with E-state index < -0.39 is 0 Å². The first-order valence-electron chi connectivity index (χ1n) is 6.87. The van der Waals surface area contributed by atoms with E-state index in [0.717, 1.165) is 45.1 Å². The van der Waals surface area contributed by atoms with Gasteiger partial charge in [-0.1, -0.05) is 18.6 Å². The van der Waals surface area contributed by atoms with Gasteiger partial charge in [0.2, 0.25) is 5.91 Å². The van der Waals surface area contributed by atoms with Gasteiger partial charge in [-0.05, 0) is 32.1 Å². The number of rotatable bonds is 5. The summed E-state index contributed by atoms with van der Waals surface area (Å²) in [4.78, 5) is 12.4. The van der Waals surface area contributed by atoms with Crippen LogP contribution in [0, 0.1) is 5.92 Å². The number of hydrogen-bond donors (Lipinski definition) is 2. The van der Waals surface area contributed by atoms with E-state index >= 15 is 0 Å². The monoisotopic (exact) mass is 270 g/mol. The molecule has 1 aliphatic carbocycles. The molecule has 3 N–H and O–H groups in total. The second-order valence-corrected chi connectivity index (χ2v) is 5.76. The van der Waals surface area contributed by atoms with Gasteiger partial charge in [-0.15, -0.1) is 0 Å². The third kappa shape index (κ3) is 3.65. The first-order chi connectivity index (χ1) is 8.66. The predicted octanol–water partition coefficient (Wildman–Crippen LogP) is 1.52. The first-order valence-corrected chi connectivity index (χ1v) is 7.28. The molecule has 2 fully saturated rings. The molecule has 0 bridgehead atoms. The van der Waals surface area contributed by atoms with Crippen molar-refractivity contribution in [3.05, 3.63) is 0 Å². The molecule has 0 aromatic rings. The number of nitrogens with two attached hydrogens (primary N) is 1. The van der Waals surface area contributed by atoms with E-state index in [4.69, 9.17) is 22.7 Å². The average Bonchev–Trinajstić information content (AvgIpc) is 2.96. The van der Waals surface area contributed by atoms with Gasteiger partial charge >= 0.3 is 0 Å². The van der Waals surface area contributed by atoms with E-state index in [1.807, 2.05) is 0 Å². The number of carbonyl (C=O) groups is 1. The summed E-state index contributed by atoms with van der Waals surface area (Å²) in [5.41, 5.74) is 5.70. The van der Waals surface area contributed by atoms with Crippen LogP contribution in [0.1, 0.15) is 44.9 Å². The second kappa shape index (κ2) is 6.48. The molecule has 0 spiro atoms. The highest BCUT2D eigenvalue weighted by Gasteiger charge is 2.30. The van der Waals surface area contributed by atoms with E-state index in [1.165, 1.54) is 0 Å². The molecule has 0 aromatic carbocycles. The zero-order chi connectivity index (χ0) is 13.0. The number of carbonyl (C=O) groups excluding carboxylic acids is 1. The average molecular weight is 270 g/mol. The Hall–Kier alpha value is -0.680. The zero-order valence-electron chi connectivity index (χ0n) is 10.7. The van der Waals surface area contributed by atoms with Crippen LogP contribution in [0.3, 0.4) is 0 Å². The fourth-order valence-electron chi connectivity index (χ4n) is 2.92. The first kappa shape index (κ1) is 13.7. The molecule has 0 aromatic heterocycles. The molecule has 102 valence electrons. The smallest absolute Gasteiger partial charge is 0.220 e. The van der Waals surface area contributed by atoms with Crippen LogP contribution >= 0.6 is 12.2 Å². The summed E-state index contributed by atoms with van der Waals surface area (Å²) in [6.07, 6.45) is 6.97. The number of ether oxygens (including phenoxy) is 1. The molecule has 2 rings (SSSR count). The lowest BCUT2D eigenvalue weighted by Crippen LogP contribution is -2.41. The van der Waals surface area contributed by atoms with Crippen molar-refractivity contribution >= 4 is 23.1 Å². The standard InChI is InChI=1S/C13H22N2O2S/c14-13(18)10-4-1-5-11(10)15-12(16)7-6-9-3-2-8-17-9/h9-11H,1-8H2,(H2,14,18)(H,15,16). The van der Waals surface area contributed by atoms with E-state index in [9.17, 15) is 4.79 Å². The third-order valence-corrected chi connectivity index (χ3v) is 4.25. The van der Waals surface area contributed by atoms with E-state index in [2.05, 4.69) is 5.32 Å². The summed E-state index contributed by atoms with van der Waals surface area (Å²) in [5, 5.41) is 3.07. The SMILES string of the molecule is NC(=S)C1CCCC1NC(=O)CCC1CCCO1. The Labute approximate surface area is 114 Å². The van der Waals surface area contributed by atoms with E-state index in [1.54, 1.807) is 0 Å². The lowest BCUT2D eigenvalue weighted by atomic mass is 10.0. The van der Waals surface area contributed by atoms with E-state index in [-0.39, 0.29) is 24.0 Å². The molecular weight excluding hydrogens is 248 g/mol. The fourth-order valence-corrected chi connectivity index (χ4v) is 3.20. The Balaban J connectivity index is 1.71. The second-order valence-electron chi connectivity index (χ2n) is 5.29. The molecule has 2 aliphatic rings. The van der Waals surface area contributed by atoms with Crippen LogP contribution in [0.25, 0.3) is 0 Å². The van der Waals surface area contributed by atoms with Crippen molar-refractivity contribution < 1.29 is 9.53 Å². The lowest BCUT2D eigenvalue weighted by Gasteiger charge is -2.20. The van der Waals surface area contributed by atoms with Crippen molar-refractivity contribution in [3.8, 4) is 0 Å². The van der Waals surface area contributed by atoms with Crippen molar-refractivity contribution in [2.75, 3.05) is 6.61 Å². The molecule has 4 nitrogen and oxygen atoms in total. The van der Waals surface area contributed by atoms with Crippen LogP contribution in [0.15, 0.2) is 0 Å². The summed E-state index contributed by atoms with van der Waals surface area (Å²) in [5.74, 6) is 0.297. The summed E-state index contributed by atoms with van der Waals surface area (Å²) in [7, 11) is 0. The Kier molecular flexibility index (Phi) is 4.95. The summed E-state index contributed by atoms with van der Waals surface area (Å²) >= 11 is 5.04. The normalized spacial score (nSPS) is 31.4. The summed E-state index contributed by atoms with van der Waals surface area (Å²) in [6, 6.07) is 0.152. The van der Waals surface area contributed by atoms with Gasteiger partial charge in [-0.25, -0.2) is 0 Å². The summed E-state index contributed by atoms with van der Waals surface area (Å²) < 4.78 is 5.51. The Bertz CT molecular complexity index is 316. The highest BCUT2D eigenvalue weighted by Crippen LogP contribution is 2.26. The highest BCUT2D eigenvalue weighted by molar-refractivity contribution is 7.80. The minimum Gasteiger partial charge on any atom is -0.393 e. The van der Waals surface area contributed by atoms with Gasteiger partial charge in [0.1, 0.15) is 0 Å². The van der Waals surface area contributed by atoms with Gasteiger partial charge in [0.15, 0.2) is 0 Å². The Morgan fingerprint density at radius 2 is 2.17 bits per heavy atom. The maximum atomic E-state index is 11.9. The molecule has 1 aliphatic heterocycles. The van der Waals surface area contributed by atoms with Gasteiger partial charge in [-0.2, -0.15) is 0 Å². The van der Waals surface area contributed by atoms with Gasteiger partial charge < -0.3 is 15.8 Å². The maximum absolute atomic E-state index is 11.9. The zero-order valence-corrected chi connectivity index (χ0v) is 11.5. The molecule has 3 unspecified atom stereocenters. The number of amides is 1. The molecular formula is C13H22N2O2S. The molecule has 18 heavy (non-hydrogen) atoms. The van der Waals surface area contributed by atoms with Crippen molar-refractivity contribution in [1.29, 1.82) is 0 Å². The Morgan fingerprint density at radius 1 is 1.33 bits per heavy atom. The fraction of sp³-hybridized carbons (Fsp3) is 0.846. The molecule has 1 amide bonds. The lowest BCUT2D eigenvalue weighted by molar-refractivity contribution is -0.122. The van der Waals surface area contributed by atoms with E-state index in [0.29, 0.717) is 11.4 Å². The topological polar surface area (TPSA) is 64.3 Å². The van der Waals surface area contributed by atoms with Crippen molar-refractivity contribution in [2.45, 2.75) is 57.1 Å². The van der Waals surface area contributed by atoms with Crippen LogP contribution in [0.4, 0.5) is 0 Å². The molecule has 1 saturated carbocycles. The van der Waals surface area contributed by atoms with Gasteiger partial charge in [0.25, 0.3) is 0 Å². The van der Waals surface area contributed by atoms with Gasteiger partial charge in [0, 0.05) is 25.0 Å². The molecule has 1 saturated heterocycles.